The monoisotopic (exact) mass is 308 g/mol. The van der Waals surface area contributed by atoms with E-state index in [-0.39, 0.29) is 5.91 Å². The summed E-state index contributed by atoms with van der Waals surface area (Å²) >= 11 is 5.82. The van der Waals surface area contributed by atoms with Gasteiger partial charge in [0.15, 0.2) is 0 Å². The number of nitrogens with one attached hydrogen (secondary N) is 1. The Kier molecular flexibility index (Phi) is 8.60. The van der Waals surface area contributed by atoms with Crippen LogP contribution in [-0.2, 0) is 4.79 Å². The van der Waals surface area contributed by atoms with E-state index in [1.165, 1.54) is 25.7 Å². The topological polar surface area (TPSA) is 55.1 Å². The van der Waals surface area contributed by atoms with Crippen molar-refractivity contribution in [2.24, 2.45) is 0 Å². The molecule has 0 aliphatic heterocycles. The van der Waals surface area contributed by atoms with E-state index in [0.717, 1.165) is 19.3 Å². The van der Waals surface area contributed by atoms with Gasteiger partial charge in [-0.2, -0.15) is 0 Å². The Morgan fingerprint density at radius 3 is 2.52 bits per heavy atom. The molecule has 4 heteroatoms. The van der Waals surface area contributed by atoms with Gasteiger partial charge in [0.1, 0.15) is 0 Å². The summed E-state index contributed by atoms with van der Waals surface area (Å²) in [5.74, 6) is 0.00989. The lowest BCUT2D eigenvalue weighted by atomic mass is 10.1. The molecule has 0 spiro atoms. The number of unbranched alkanes of at least 4 members (excludes halogenated alkanes) is 6. The summed E-state index contributed by atoms with van der Waals surface area (Å²) in [7, 11) is 0. The van der Waals surface area contributed by atoms with Crippen LogP contribution < -0.4 is 11.1 Å². The summed E-state index contributed by atoms with van der Waals surface area (Å²) in [6.07, 6.45) is 10.5. The Morgan fingerprint density at radius 1 is 1.19 bits per heavy atom. The molecule has 0 saturated carbocycles. The van der Waals surface area contributed by atoms with Crippen molar-refractivity contribution in [1.29, 1.82) is 0 Å². The van der Waals surface area contributed by atoms with Crippen LogP contribution >= 0.6 is 11.6 Å². The van der Waals surface area contributed by atoms with Gasteiger partial charge in [0.2, 0.25) is 5.91 Å². The molecule has 0 bridgehead atoms. The number of rotatable bonds is 10. The summed E-state index contributed by atoms with van der Waals surface area (Å²) in [4.78, 5) is 11.8. The number of hydrogen-bond donors (Lipinski definition) is 2. The summed E-state index contributed by atoms with van der Waals surface area (Å²) < 4.78 is 0. The highest BCUT2D eigenvalue weighted by Gasteiger charge is 2.05. The van der Waals surface area contributed by atoms with Gasteiger partial charge in [-0.05, 0) is 37.5 Å². The molecule has 0 fully saturated rings. The van der Waals surface area contributed by atoms with Gasteiger partial charge in [0.25, 0.3) is 0 Å². The third-order valence-electron chi connectivity index (χ3n) is 3.35. The maximum atomic E-state index is 11.8. The van der Waals surface area contributed by atoms with Crippen molar-refractivity contribution in [3.05, 3.63) is 35.9 Å². The number of nitrogen functional groups attached to an aromatic ring is 1. The molecular weight excluding hydrogens is 284 g/mol. The molecule has 0 saturated heterocycles. The zero-order valence-electron chi connectivity index (χ0n) is 12.5. The standard InChI is InChI=1S/C17H25ClN2O/c1-2-3-4-5-6-7-8-9-10-17(21)20-16-12-11-14(18)13-15(16)19/h2,11-13H,1,3-10,19H2,(H,20,21). The van der Waals surface area contributed by atoms with Crippen molar-refractivity contribution >= 4 is 28.9 Å². The van der Waals surface area contributed by atoms with Crippen LogP contribution in [0.3, 0.4) is 0 Å². The first kappa shape index (κ1) is 17.6. The Morgan fingerprint density at radius 2 is 1.86 bits per heavy atom. The molecule has 21 heavy (non-hydrogen) atoms. The van der Waals surface area contributed by atoms with E-state index in [4.69, 9.17) is 17.3 Å². The zero-order valence-corrected chi connectivity index (χ0v) is 13.3. The molecular formula is C17H25ClN2O. The molecule has 0 aliphatic rings. The molecule has 0 heterocycles. The number of halogens is 1. The van der Waals surface area contributed by atoms with Crippen LogP contribution in [0.5, 0.6) is 0 Å². The summed E-state index contributed by atoms with van der Waals surface area (Å²) in [6, 6.07) is 5.09. The van der Waals surface area contributed by atoms with Crippen LogP contribution in [0.25, 0.3) is 0 Å². The first-order chi connectivity index (χ1) is 10.1. The molecule has 0 aromatic heterocycles. The van der Waals surface area contributed by atoms with Crippen LogP contribution in [0.4, 0.5) is 11.4 Å². The van der Waals surface area contributed by atoms with E-state index in [9.17, 15) is 4.79 Å². The number of amides is 1. The van der Waals surface area contributed by atoms with Crippen molar-refractivity contribution in [1.82, 2.24) is 0 Å². The quantitative estimate of drug-likeness (QED) is 0.356. The fourth-order valence-electron chi connectivity index (χ4n) is 2.14. The van der Waals surface area contributed by atoms with E-state index < -0.39 is 0 Å². The van der Waals surface area contributed by atoms with Crippen molar-refractivity contribution < 1.29 is 4.79 Å². The average molecular weight is 309 g/mol. The average Bonchev–Trinajstić information content (AvgIpc) is 2.45. The lowest BCUT2D eigenvalue weighted by molar-refractivity contribution is -0.116. The second kappa shape index (κ2) is 10.3. The van der Waals surface area contributed by atoms with Crippen molar-refractivity contribution in [3.8, 4) is 0 Å². The molecule has 116 valence electrons. The predicted molar refractivity (Wildman–Crippen MR) is 91.6 cm³/mol. The van der Waals surface area contributed by atoms with Gasteiger partial charge in [-0.1, -0.05) is 43.4 Å². The van der Waals surface area contributed by atoms with Crippen molar-refractivity contribution in [3.63, 3.8) is 0 Å². The van der Waals surface area contributed by atoms with Crippen LogP contribution in [0.15, 0.2) is 30.9 Å². The number of anilines is 2. The highest BCUT2D eigenvalue weighted by Crippen LogP contribution is 2.22. The molecule has 1 rings (SSSR count). The summed E-state index contributed by atoms with van der Waals surface area (Å²) in [6.45, 7) is 3.71. The molecule has 1 amide bonds. The molecule has 0 aliphatic carbocycles. The third-order valence-corrected chi connectivity index (χ3v) is 3.58. The minimum atomic E-state index is 0.00989. The number of carbonyl (C=O) groups excluding carboxylic acids is 1. The van der Waals surface area contributed by atoms with E-state index >= 15 is 0 Å². The van der Waals surface area contributed by atoms with Crippen LogP contribution in [-0.4, -0.2) is 5.91 Å². The first-order valence-electron chi connectivity index (χ1n) is 7.59. The number of benzene rings is 1. The smallest absolute Gasteiger partial charge is 0.224 e. The van der Waals surface area contributed by atoms with Crippen LogP contribution in [0, 0.1) is 0 Å². The number of carbonyl (C=O) groups is 1. The Hall–Kier alpha value is -1.48. The van der Waals surface area contributed by atoms with E-state index in [0.29, 0.717) is 22.8 Å². The van der Waals surface area contributed by atoms with Crippen molar-refractivity contribution in [2.75, 3.05) is 11.1 Å². The maximum Gasteiger partial charge on any atom is 0.224 e. The van der Waals surface area contributed by atoms with Gasteiger partial charge in [-0.15, -0.1) is 6.58 Å². The number of nitrogens with two attached hydrogens (primary N) is 1. The highest BCUT2D eigenvalue weighted by molar-refractivity contribution is 6.31. The lowest BCUT2D eigenvalue weighted by Crippen LogP contribution is -2.12. The van der Waals surface area contributed by atoms with E-state index in [2.05, 4.69) is 11.9 Å². The highest BCUT2D eigenvalue weighted by atomic mass is 35.5. The van der Waals surface area contributed by atoms with Crippen molar-refractivity contribution in [2.45, 2.75) is 51.4 Å². The molecule has 3 N–H and O–H groups in total. The van der Waals surface area contributed by atoms with Gasteiger partial charge in [-0.25, -0.2) is 0 Å². The SMILES string of the molecule is C=CCCCCCCCCC(=O)Nc1ccc(Cl)cc1N. The molecule has 1 aromatic rings. The third kappa shape index (κ3) is 7.76. The minimum absolute atomic E-state index is 0.00989. The number of allylic oxidation sites excluding steroid dienone is 1. The number of hydrogen-bond acceptors (Lipinski definition) is 2. The fraction of sp³-hybridized carbons (Fsp3) is 0.471. The summed E-state index contributed by atoms with van der Waals surface area (Å²) in [5.41, 5.74) is 6.93. The first-order valence-corrected chi connectivity index (χ1v) is 7.97. The lowest BCUT2D eigenvalue weighted by Gasteiger charge is -2.08. The second-order valence-electron chi connectivity index (χ2n) is 5.23. The van der Waals surface area contributed by atoms with Gasteiger partial charge in [-0.3, -0.25) is 4.79 Å². The largest absolute Gasteiger partial charge is 0.397 e. The molecule has 0 atom stereocenters. The maximum absolute atomic E-state index is 11.8. The van der Waals surface area contributed by atoms with Crippen LogP contribution in [0.1, 0.15) is 51.4 Å². The predicted octanol–water partition coefficient (Wildman–Crippen LogP) is 5.17. The molecule has 0 radical (unpaired) electrons. The molecule has 3 nitrogen and oxygen atoms in total. The molecule has 0 unspecified atom stereocenters. The summed E-state index contributed by atoms with van der Waals surface area (Å²) in [5, 5.41) is 3.39. The van der Waals surface area contributed by atoms with Crippen LogP contribution in [0.2, 0.25) is 5.02 Å². The Balaban J connectivity index is 2.12. The van der Waals surface area contributed by atoms with Gasteiger partial charge in [0, 0.05) is 11.4 Å². The normalized spacial score (nSPS) is 10.3. The van der Waals surface area contributed by atoms with Gasteiger partial charge in [0.05, 0.1) is 11.4 Å². The second-order valence-corrected chi connectivity index (χ2v) is 5.66. The van der Waals surface area contributed by atoms with E-state index in [1.807, 2.05) is 6.08 Å². The fourth-order valence-corrected chi connectivity index (χ4v) is 2.32. The van der Waals surface area contributed by atoms with Gasteiger partial charge < -0.3 is 11.1 Å². The minimum Gasteiger partial charge on any atom is -0.397 e. The zero-order chi connectivity index (χ0) is 15.5. The Labute approximate surface area is 132 Å². The van der Waals surface area contributed by atoms with E-state index in [1.54, 1.807) is 18.2 Å². The Bertz CT molecular complexity index is 460. The molecule has 1 aromatic carbocycles. The van der Waals surface area contributed by atoms with Gasteiger partial charge >= 0.3 is 0 Å².